The highest BCUT2D eigenvalue weighted by atomic mass is 32.2. The predicted molar refractivity (Wildman–Crippen MR) is 186 cm³/mol. The lowest BCUT2D eigenvalue weighted by Crippen LogP contribution is -2.63. The Morgan fingerprint density at radius 1 is 1.00 bits per heavy atom. The van der Waals surface area contributed by atoms with Crippen molar-refractivity contribution >= 4 is 47.2 Å². The van der Waals surface area contributed by atoms with Gasteiger partial charge in [0.05, 0.1) is 47.2 Å². The number of rotatable bonds is 15. The molecular weight excluding hydrogens is 718 g/mol. The summed E-state index contributed by atoms with van der Waals surface area (Å²) < 4.78 is 16.7. The summed E-state index contributed by atoms with van der Waals surface area (Å²) in [6, 6.07) is 10.2. The maximum absolute atomic E-state index is 13.4. The monoisotopic (exact) mass is 757 g/mol. The minimum atomic E-state index is -1.26. The summed E-state index contributed by atoms with van der Waals surface area (Å²) in [5, 5.41) is 41.8. The average Bonchev–Trinajstić information content (AvgIpc) is 3.63. The largest absolute Gasteiger partial charge is 0.477 e. The molecule has 2 aromatic carbocycles. The van der Waals surface area contributed by atoms with Gasteiger partial charge in [-0.1, -0.05) is 6.92 Å². The number of carbonyl (C=O) groups excluding carboxylic acids is 3. The molecule has 6 atom stereocenters. The number of amides is 3. The number of hydrogen-bond donors (Lipinski definition) is 2. The van der Waals surface area contributed by atoms with Crippen LogP contribution in [0.25, 0.3) is 0 Å². The van der Waals surface area contributed by atoms with Crippen LogP contribution in [0.2, 0.25) is 0 Å². The van der Waals surface area contributed by atoms with Crippen LogP contribution in [0.3, 0.4) is 0 Å². The molecule has 0 bridgehead atoms. The second kappa shape index (κ2) is 16.6. The Morgan fingerprint density at radius 2 is 1.57 bits per heavy atom. The van der Waals surface area contributed by atoms with E-state index < -0.39 is 58.0 Å². The number of ether oxygens (including phenoxy) is 3. The van der Waals surface area contributed by atoms with Crippen LogP contribution in [0.4, 0.5) is 21.0 Å². The van der Waals surface area contributed by atoms with Gasteiger partial charge in [-0.3, -0.25) is 25.0 Å². The number of nitrogens with zero attached hydrogens (tertiary/aromatic N) is 5. The number of benzene rings is 2. The third-order valence-corrected chi connectivity index (χ3v) is 10.9. The minimum absolute atomic E-state index is 0.0487. The fourth-order valence-corrected chi connectivity index (χ4v) is 8.19. The second-order valence-corrected chi connectivity index (χ2v) is 14.3. The van der Waals surface area contributed by atoms with Gasteiger partial charge in [-0.25, -0.2) is 14.4 Å². The van der Waals surface area contributed by atoms with Crippen LogP contribution in [-0.2, 0) is 37.0 Å². The Labute approximate surface area is 307 Å². The summed E-state index contributed by atoms with van der Waals surface area (Å²) in [7, 11) is 1.51. The van der Waals surface area contributed by atoms with Crippen LogP contribution in [0, 0.1) is 32.1 Å². The van der Waals surface area contributed by atoms with E-state index in [1.807, 2.05) is 6.92 Å². The quantitative estimate of drug-likeness (QED) is 0.114. The van der Waals surface area contributed by atoms with Crippen LogP contribution in [0.1, 0.15) is 31.4 Å². The topological polar surface area (TPSA) is 232 Å². The molecule has 0 radical (unpaired) electrons. The molecule has 5 rings (SSSR count). The van der Waals surface area contributed by atoms with Gasteiger partial charge in [-0.15, -0.1) is 11.8 Å². The number of fused-ring (bicyclic) bond motifs is 1. The first-order valence-corrected chi connectivity index (χ1v) is 17.6. The molecule has 3 aliphatic rings. The molecule has 2 N–H and O–H groups in total. The molecule has 3 amide bonds. The summed E-state index contributed by atoms with van der Waals surface area (Å²) in [6.07, 6.45) is -1.89. The number of carbonyl (C=O) groups is 4. The van der Waals surface area contributed by atoms with Crippen LogP contribution < -0.4 is 0 Å². The van der Waals surface area contributed by atoms with Gasteiger partial charge in [-0.05, 0) is 48.7 Å². The van der Waals surface area contributed by atoms with E-state index in [2.05, 4.69) is 0 Å². The highest BCUT2D eigenvalue weighted by Gasteiger charge is 2.60. The van der Waals surface area contributed by atoms with Crippen molar-refractivity contribution in [2.24, 2.45) is 11.8 Å². The average molecular weight is 758 g/mol. The number of likely N-dealkylation sites (tertiary alicyclic amines) is 1. The van der Waals surface area contributed by atoms with Gasteiger partial charge in [-0.2, -0.15) is 0 Å². The van der Waals surface area contributed by atoms with E-state index in [0.717, 1.165) is 0 Å². The number of thioether (sulfide) groups is 1. The fourth-order valence-electron chi connectivity index (χ4n) is 6.62. The van der Waals surface area contributed by atoms with Gasteiger partial charge < -0.3 is 39.1 Å². The molecule has 0 aliphatic carbocycles. The maximum atomic E-state index is 13.4. The maximum Gasteiger partial charge on any atom is 0.410 e. The number of aliphatic hydroxyl groups excluding tert-OH is 1. The molecule has 0 spiro atoms. The van der Waals surface area contributed by atoms with E-state index in [-0.39, 0.29) is 67.8 Å². The van der Waals surface area contributed by atoms with Crippen molar-refractivity contribution in [1.29, 1.82) is 0 Å². The first-order valence-electron chi connectivity index (χ1n) is 16.7. The number of nitro groups is 2. The number of carboxylic acids is 1. The van der Waals surface area contributed by atoms with E-state index in [1.54, 1.807) is 0 Å². The minimum Gasteiger partial charge on any atom is -0.477 e. The molecule has 3 aliphatic heterocycles. The van der Waals surface area contributed by atoms with Gasteiger partial charge in [0.1, 0.15) is 18.9 Å². The van der Waals surface area contributed by atoms with Crippen molar-refractivity contribution in [2.75, 3.05) is 33.4 Å². The van der Waals surface area contributed by atoms with E-state index in [1.165, 1.54) is 89.0 Å². The molecule has 2 saturated heterocycles. The van der Waals surface area contributed by atoms with E-state index in [9.17, 15) is 49.6 Å². The lowest BCUT2D eigenvalue weighted by Gasteiger charge is -2.46. The SMILES string of the molecule is C[C@@H](O)[C@H]1C(=O)N2C(C(=O)O)=C(S[C@H]3C[C@@H](COCCN(C)C(=O)OCc4ccc([N+](=O)[O-])cc4)N(C(=O)OCc4ccc([N+](=O)[O-])cc4)C3)[C@H](C)[C@H]12. The lowest BCUT2D eigenvalue weighted by molar-refractivity contribution is -0.385. The molecule has 0 aromatic heterocycles. The molecule has 0 saturated carbocycles. The van der Waals surface area contributed by atoms with Crippen molar-refractivity contribution in [3.05, 3.63) is 90.5 Å². The molecule has 2 fully saturated rings. The smallest absolute Gasteiger partial charge is 0.410 e. The van der Waals surface area contributed by atoms with Crippen LogP contribution in [0.15, 0.2) is 59.1 Å². The first kappa shape index (κ1) is 38.9. The number of likely N-dealkylation sites (N-methyl/N-ethyl adjacent to an activating group) is 1. The third-order valence-electron chi connectivity index (χ3n) is 9.43. The summed E-state index contributed by atoms with van der Waals surface area (Å²) in [5.41, 5.74) is 0.788. The van der Waals surface area contributed by atoms with Gasteiger partial charge in [0.15, 0.2) is 0 Å². The highest BCUT2D eigenvalue weighted by Crippen LogP contribution is 2.52. The van der Waals surface area contributed by atoms with Crippen molar-refractivity contribution in [3.8, 4) is 0 Å². The standard InChI is InChI=1S/C34H39N5O13S/c1-19-28-27(20(2)40)31(41)37(28)29(32(42)43)30(19)53-26-14-25(36(15-26)34(45)52-17-22-6-10-24(11-7-22)39(48)49)18-50-13-12-35(3)33(44)51-16-21-4-8-23(9-5-21)38(46)47/h4-11,19-20,25-28,40H,12-18H2,1-3H3,(H,42,43)/t19-,20-,25+,26+,27-,28-/m1/s1. The summed E-state index contributed by atoms with van der Waals surface area (Å²) >= 11 is 1.27. The van der Waals surface area contributed by atoms with Gasteiger partial charge >= 0.3 is 18.2 Å². The Balaban J connectivity index is 1.20. The molecular formula is C34H39N5O13S. The Morgan fingerprint density at radius 3 is 2.09 bits per heavy atom. The zero-order chi connectivity index (χ0) is 38.6. The van der Waals surface area contributed by atoms with Gasteiger partial charge in [0, 0.05) is 60.5 Å². The van der Waals surface area contributed by atoms with Crippen LogP contribution in [-0.4, -0.2) is 116 Å². The van der Waals surface area contributed by atoms with Crippen molar-refractivity contribution in [2.45, 2.75) is 56.9 Å². The van der Waals surface area contributed by atoms with Crippen molar-refractivity contribution in [1.82, 2.24) is 14.7 Å². The molecule has 0 unspecified atom stereocenters. The highest BCUT2D eigenvalue weighted by molar-refractivity contribution is 8.03. The van der Waals surface area contributed by atoms with Crippen molar-refractivity contribution in [3.63, 3.8) is 0 Å². The number of carboxylic acid groups (broad SMARTS) is 1. The lowest BCUT2D eigenvalue weighted by atomic mass is 9.79. The summed E-state index contributed by atoms with van der Waals surface area (Å²) in [4.78, 5) is 76.4. The number of β-lactam (4-membered cyclic amide) rings is 1. The molecule has 53 heavy (non-hydrogen) atoms. The van der Waals surface area contributed by atoms with Crippen molar-refractivity contribution < 1.29 is 53.4 Å². The summed E-state index contributed by atoms with van der Waals surface area (Å²) in [5.74, 6) is -2.78. The predicted octanol–water partition coefficient (Wildman–Crippen LogP) is 3.75. The number of aliphatic hydroxyl groups is 1. The third kappa shape index (κ3) is 8.69. The Bertz CT molecular complexity index is 1770. The van der Waals surface area contributed by atoms with Gasteiger partial charge in [0.25, 0.3) is 11.4 Å². The Hall–Kier alpha value is -5.27. The Kier molecular flexibility index (Phi) is 12.2. The first-order chi connectivity index (χ1) is 25.2. The number of nitro benzene ring substituents is 2. The van der Waals surface area contributed by atoms with Crippen LogP contribution >= 0.6 is 11.8 Å². The molecule has 3 heterocycles. The molecule has 284 valence electrons. The van der Waals surface area contributed by atoms with Gasteiger partial charge in [0.2, 0.25) is 5.91 Å². The molecule has 18 nitrogen and oxygen atoms in total. The number of aliphatic carboxylic acids is 1. The zero-order valence-electron chi connectivity index (χ0n) is 29.1. The second-order valence-electron chi connectivity index (χ2n) is 13.0. The van der Waals surface area contributed by atoms with E-state index >= 15 is 0 Å². The normalized spacial score (nSPS) is 22.6. The van der Waals surface area contributed by atoms with E-state index in [0.29, 0.717) is 22.5 Å². The van der Waals surface area contributed by atoms with Crippen LogP contribution in [0.5, 0.6) is 0 Å². The number of non-ortho nitro benzene ring substituents is 2. The fraction of sp³-hybridized carbons (Fsp3) is 0.471. The zero-order valence-corrected chi connectivity index (χ0v) is 29.9. The molecule has 19 heteroatoms. The van der Waals surface area contributed by atoms with E-state index in [4.69, 9.17) is 14.2 Å². The molecule has 2 aromatic rings. The summed E-state index contributed by atoms with van der Waals surface area (Å²) in [6.45, 7) is 3.49. The number of hydrogen-bond acceptors (Lipinski definition) is 13.